The summed E-state index contributed by atoms with van der Waals surface area (Å²) in [6.07, 6.45) is 1.80. The Hall–Kier alpha value is -2.84. The topological polar surface area (TPSA) is 55.1 Å². The van der Waals surface area contributed by atoms with Gasteiger partial charge in [-0.1, -0.05) is 24.3 Å². The number of nitriles is 1. The van der Waals surface area contributed by atoms with Gasteiger partial charge in [-0.05, 0) is 31.2 Å². The van der Waals surface area contributed by atoms with E-state index in [1.165, 1.54) is 11.3 Å². The number of fused-ring (bicyclic) bond motifs is 1. The minimum atomic E-state index is 0.505. The van der Waals surface area contributed by atoms with Gasteiger partial charge in [0.1, 0.15) is 11.1 Å². The molecule has 2 aromatic carbocycles. The lowest BCUT2D eigenvalue weighted by atomic mass is 10.1. The second-order valence-corrected chi connectivity index (χ2v) is 6.00. The van der Waals surface area contributed by atoms with Crippen molar-refractivity contribution in [3.8, 4) is 17.6 Å². The number of hydrogen-bond acceptors (Lipinski definition) is 5. The van der Waals surface area contributed by atoms with E-state index in [1.54, 1.807) is 13.2 Å². The molecule has 4 nitrogen and oxygen atoms in total. The SMILES string of the molecule is CCOc1c(/C=C(/C#N)c2nc3ccccc3s2)cccc1OC. The monoisotopic (exact) mass is 336 g/mol. The van der Waals surface area contributed by atoms with Gasteiger partial charge in [0, 0.05) is 5.56 Å². The molecule has 3 aromatic rings. The van der Waals surface area contributed by atoms with Crippen molar-refractivity contribution in [1.82, 2.24) is 4.98 Å². The second-order valence-electron chi connectivity index (χ2n) is 4.97. The first kappa shape index (κ1) is 16.0. The molecule has 0 aliphatic heterocycles. The van der Waals surface area contributed by atoms with E-state index in [1.807, 2.05) is 49.4 Å². The van der Waals surface area contributed by atoms with Gasteiger partial charge >= 0.3 is 0 Å². The van der Waals surface area contributed by atoms with Gasteiger partial charge in [0.25, 0.3) is 0 Å². The fourth-order valence-corrected chi connectivity index (χ4v) is 3.32. The van der Waals surface area contributed by atoms with Gasteiger partial charge in [0.15, 0.2) is 11.5 Å². The molecule has 0 N–H and O–H groups in total. The summed E-state index contributed by atoms with van der Waals surface area (Å²) in [6.45, 7) is 2.43. The molecule has 1 heterocycles. The normalized spacial score (nSPS) is 11.3. The minimum Gasteiger partial charge on any atom is -0.493 e. The molecule has 0 radical (unpaired) electrons. The lowest BCUT2D eigenvalue weighted by Crippen LogP contribution is -1.97. The Kier molecular flexibility index (Phi) is 4.78. The highest BCUT2D eigenvalue weighted by Gasteiger charge is 2.13. The molecule has 120 valence electrons. The van der Waals surface area contributed by atoms with Crippen LogP contribution in [0.25, 0.3) is 21.9 Å². The summed E-state index contributed by atoms with van der Waals surface area (Å²) < 4.78 is 12.1. The molecule has 0 bridgehead atoms. The fraction of sp³-hybridized carbons (Fsp3) is 0.158. The van der Waals surface area contributed by atoms with Crippen LogP contribution in [0.1, 0.15) is 17.5 Å². The summed E-state index contributed by atoms with van der Waals surface area (Å²) in [5.74, 6) is 1.28. The molecule has 0 unspecified atom stereocenters. The van der Waals surface area contributed by atoms with E-state index in [9.17, 15) is 5.26 Å². The number of methoxy groups -OCH3 is 1. The summed E-state index contributed by atoms with van der Waals surface area (Å²) in [5, 5.41) is 10.3. The van der Waals surface area contributed by atoms with Crippen molar-refractivity contribution in [2.45, 2.75) is 6.92 Å². The van der Waals surface area contributed by atoms with Crippen molar-refractivity contribution in [3.05, 3.63) is 53.0 Å². The average Bonchev–Trinajstić information content (AvgIpc) is 3.04. The maximum absolute atomic E-state index is 9.59. The Labute approximate surface area is 144 Å². The molecule has 5 heteroatoms. The smallest absolute Gasteiger partial charge is 0.168 e. The standard InChI is InChI=1S/C19H16N2O2S/c1-3-23-18-13(7-6-9-16(18)22-2)11-14(12-20)19-21-15-8-4-5-10-17(15)24-19/h4-11H,3H2,1-2H3/b14-11-. The summed E-state index contributed by atoms with van der Waals surface area (Å²) in [7, 11) is 1.60. The molecule has 0 fully saturated rings. The first-order valence-electron chi connectivity index (χ1n) is 7.54. The Morgan fingerprint density at radius 3 is 2.79 bits per heavy atom. The molecule has 0 saturated carbocycles. The van der Waals surface area contributed by atoms with E-state index in [2.05, 4.69) is 11.1 Å². The van der Waals surface area contributed by atoms with E-state index in [0.717, 1.165) is 15.8 Å². The van der Waals surface area contributed by atoms with E-state index in [0.29, 0.717) is 28.7 Å². The number of hydrogen-bond donors (Lipinski definition) is 0. The number of aromatic nitrogens is 1. The molecule has 1 aromatic heterocycles. The third-order valence-corrected chi connectivity index (χ3v) is 4.53. The largest absolute Gasteiger partial charge is 0.493 e. The van der Waals surface area contributed by atoms with Crippen LogP contribution in [-0.2, 0) is 0 Å². The molecule has 0 saturated heterocycles. The van der Waals surface area contributed by atoms with Gasteiger partial charge < -0.3 is 9.47 Å². The molecular formula is C19H16N2O2S. The number of ether oxygens (including phenoxy) is 2. The Morgan fingerprint density at radius 2 is 2.08 bits per heavy atom. The van der Waals surface area contributed by atoms with E-state index in [4.69, 9.17) is 9.47 Å². The molecule has 3 rings (SSSR count). The van der Waals surface area contributed by atoms with E-state index in [-0.39, 0.29) is 0 Å². The number of para-hydroxylation sites is 2. The van der Waals surface area contributed by atoms with Crippen molar-refractivity contribution in [2.24, 2.45) is 0 Å². The van der Waals surface area contributed by atoms with Crippen LogP contribution in [0.2, 0.25) is 0 Å². The van der Waals surface area contributed by atoms with Crippen LogP contribution >= 0.6 is 11.3 Å². The zero-order chi connectivity index (χ0) is 16.9. The first-order valence-corrected chi connectivity index (χ1v) is 8.36. The van der Waals surface area contributed by atoms with Crippen molar-refractivity contribution in [3.63, 3.8) is 0 Å². The first-order chi connectivity index (χ1) is 11.8. The number of allylic oxidation sites excluding steroid dienone is 1. The third kappa shape index (κ3) is 3.10. The number of nitrogens with zero attached hydrogens (tertiary/aromatic N) is 2. The highest BCUT2D eigenvalue weighted by Crippen LogP contribution is 2.35. The predicted octanol–water partition coefficient (Wildman–Crippen LogP) is 4.77. The Bertz CT molecular complexity index is 905. The van der Waals surface area contributed by atoms with Crippen LogP contribution in [0.15, 0.2) is 42.5 Å². The van der Waals surface area contributed by atoms with Crippen LogP contribution in [0.4, 0.5) is 0 Å². The number of benzene rings is 2. The van der Waals surface area contributed by atoms with Gasteiger partial charge in [0.2, 0.25) is 0 Å². The van der Waals surface area contributed by atoms with Crippen LogP contribution in [0.5, 0.6) is 11.5 Å². The molecular weight excluding hydrogens is 320 g/mol. The highest BCUT2D eigenvalue weighted by molar-refractivity contribution is 7.19. The lowest BCUT2D eigenvalue weighted by molar-refractivity contribution is 0.310. The summed E-state index contributed by atoms with van der Waals surface area (Å²) in [5.41, 5.74) is 2.20. The maximum atomic E-state index is 9.59. The van der Waals surface area contributed by atoms with Gasteiger partial charge in [-0.3, -0.25) is 0 Å². The minimum absolute atomic E-state index is 0.505. The van der Waals surface area contributed by atoms with Crippen molar-refractivity contribution in [1.29, 1.82) is 5.26 Å². The zero-order valence-corrected chi connectivity index (χ0v) is 14.3. The Morgan fingerprint density at radius 1 is 1.25 bits per heavy atom. The highest BCUT2D eigenvalue weighted by atomic mass is 32.1. The van der Waals surface area contributed by atoms with Crippen molar-refractivity contribution < 1.29 is 9.47 Å². The predicted molar refractivity (Wildman–Crippen MR) is 97.3 cm³/mol. The van der Waals surface area contributed by atoms with Crippen LogP contribution < -0.4 is 9.47 Å². The average molecular weight is 336 g/mol. The lowest BCUT2D eigenvalue weighted by Gasteiger charge is -2.12. The Balaban J connectivity index is 2.09. The fourth-order valence-electron chi connectivity index (χ4n) is 2.39. The van der Waals surface area contributed by atoms with Gasteiger partial charge in [-0.15, -0.1) is 11.3 Å². The molecule has 0 spiro atoms. The second kappa shape index (κ2) is 7.16. The van der Waals surface area contributed by atoms with Crippen LogP contribution in [-0.4, -0.2) is 18.7 Å². The third-order valence-electron chi connectivity index (χ3n) is 3.46. The van der Waals surface area contributed by atoms with Crippen LogP contribution in [0.3, 0.4) is 0 Å². The molecule has 0 amide bonds. The van der Waals surface area contributed by atoms with Gasteiger partial charge in [-0.2, -0.15) is 5.26 Å². The van der Waals surface area contributed by atoms with Crippen molar-refractivity contribution in [2.75, 3.05) is 13.7 Å². The number of thiazole rings is 1. The quantitative estimate of drug-likeness (QED) is 0.630. The van der Waals surface area contributed by atoms with E-state index >= 15 is 0 Å². The molecule has 24 heavy (non-hydrogen) atoms. The summed E-state index contributed by atoms with van der Waals surface area (Å²) >= 11 is 1.50. The molecule has 0 atom stereocenters. The summed E-state index contributed by atoms with van der Waals surface area (Å²) in [6, 6.07) is 15.7. The molecule has 0 aliphatic carbocycles. The number of rotatable bonds is 5. The zero-order valence-electron chi connectivity index (χ0n) is 13.4. The molecule has 0 aliphatic rings. The van der Waals surface area contributed by atoms with Gasteiger partial charge in [0.05, 0.1) is 29.5 Å². The van der Waals surface area contributed by atoms with Crippen molar-refractivity contribution >= 4 is 33.2 Å². The van der Waals surface area contributed by atoms with E-state index < -0.39 is 0 Å². The maximum Gasteiger partial charge on any atom is 0.168 e. The van der Waals surface area contributed by atoms with Gasteiger partial charge in [-0.25, -0.2) is 4.98 Å². The summed E-state index contributed by atoms with van der Waals surface area (Å²) in [4.78, 5) is 4.55. The van der Waals surface area contributed by atoms with Crippen LogP contribution in [0, 0.1) is 11.3 Å².